The third-order valence-electron chi connectivity index (χ3n) is 5.13. The second-order valence-corrected chi connectivity index (χ2v) is 8.29. The van der Waals surface area contributed by atoms with Crippen molar-refractivity contribution in [3.05, 3.63) is 77.0 Å². The van der Waals surface area contributed by atoms with E-state index in [1.54, 1.807) is 18.5 Å². The molecule has 0 bridgehead atoms. The molecule has 0 unspecified atom stereocenters. The average molecular weight is 449 g/mol. The highest BCUT2D eigenvalue weighted by Gasteiger charge is 2.21. The van der Waals surface area contributed by atoms with Crippen LogP contribution < -0.4 is 0 Å². The molecule has 4 nitrogen and oxygen atoms in total. The van der Waals surface area contributed by atoms with Gasteiger partial charge in [-0.25, -0.2) is 9.37 Å². The Bertz CT molecular complexity index is 1370. The second kappa shape index (κ2) is 6.81. The minimum absolute atomic E-state index is 0.139. The summed E-state index contributed by atoms with van der Waals surface area (Å²) in [5.74, 6) is -0.103. The van der Waals surface area contributed by atoms with Crippen LogP contribution in [0.3, 0.4) is 0 Å². The van der Waals surface area contributed by atoms with Crippen LogP contribution in [0, 0.1) is 5.82 Å². The van der Waals surface area contributed by atoms with Gasteiger partial charge < -0.3 is 4.98 Å². The molecule has 0 aliphatic heterocycles. The molecule has 0 radical (unpaired) electrons. The summed E-state index contributed by atoms with van der Waals surface area (Å²) in [7, 11) is 0. The zero-order valence-corrected chi connectivity index (χ0v) is 17.5. The van der Waals surface area contributed by atoms with Crippen LogP contribution in [-0.4, -0.2) is 19.4 Å². The maximum Gasteiger partial charge on any atom is 0.156 e. The second-order valence-electron chi connectivity index (χ2n) is 7.38. The summed E-state index contributed by atoms with van der Waals surface area (Å²) in [5.41, 5.74) is 5.43. The summed E-state index contributed by atoms with van der Waals surface area (Å²) in [5, 5.41) is 0.577. The number of fused-ring (bicyclic) bond motifs is 2. The predicted octanol–water partition coefficient (Wildman–Crippen LogP) is 6.57. The van der Waals surface area contributed by atoms with E-state index in [-0.39, 0.29) is 11.7 Å². The van der Waals surface area contributed by atoms with Gasteiger partial charge in [-0.15, -0.1) is 0 Å². The molecule has 0 fully saturated rings. The topological polar surface area (TPSA) is 46.0 Å². The van der Waals surface area contributed by atoms with Crippen LogP contribution in [0.2, 0.25) is 0 Å². The molecule has 0 saturated carbocycles. The summed E-state index contributed by atoms with van der Waals surface area (Å²) in [4.78, 5) is 12.4. The van der Waals surface area contributed by atoms with E-state index in [0.29, 0.717) is 16.6 Å². The van der Waals surface area contributed by atoms with Gasteiger partial charge in [0, 0.05) is 38.9 Å². The van der Waals surface area contributed by atoms with Crippen molar-refractivity contribution >= 4 is 32.5 Å². The van der Waals surface area contributed by atoms with E-state index < -0.39 is 0 Å². The highest BCUT2D eigenvalue weighted by Crippen LogP contribution is 2.35. The van der Waals surface area contributed by atoms with Crippen LogP contribution in [-0.2, 0) is 0 Å². The Morgan fingerprint density at radius 3 is 2.79 bits per heavy atom. The normalized spacial score (nSPS) is 11.8. The van der Waals surface area contributed by atoms with Crippen molar-refractivity contribution in [2.24, 2.45) is 0 Å². The minimum Gasteiger partial charge on any atom is -0.361 e. The summed E-state index contributed by atoms with van der Waals surface area (Å²) in [6.07, 6.45) is 5.44. The highest BCUT2D eigenvalue weighted by atomic mass is 79.9. The van der Waals surface area contributed by atoms with Crippen molar-refractivity contribution in [1.29, 1.82) is 0 Å². The molecule has 1 N–H and O–H groups in total. The van der Waals surface area contributed by atoms with Gasteiger partial charge in [0.2, 0.25) is 0 Å². The molecule has 5 aromatic rings. The standard InChI is InChI=1S/C23H18BrFN4/c1-13(2)22-23(17-6-7-18-16(21(17)25)8-9-26-18)29-12-19(27-11-20(29)28-22)14-4-3-5-15(24)10-14/h3-13,26H,1-2H3. The maximum atomic E-state index is 15.4. The molecule has 0 spiro atoms. The molecule has 6 heteroatoms. The van der Waals surface area contributed by atoms with Crippen molar-refractivity contribution in [1.82, 2.24) is 19.4 Å². The quantitative estimate of drug-likeness (QED) is 0.339. The number of nitrogens with zero attached hydrogens (tertiary/aromatic N) is 3. The van der Waals surface area contributed by atoms with Gasteiger partial charge in [0.15, 0.2) is 5.65 Å². The fraction of sp³-hybridized carbons (Fsp3) is 0.130. The van der Waals surface area contributed by atoms with Crippen LogP contribution in [0.1, 0.15) is 25.5 Å². The summed E-state index contributed by atoms with van der Waals surface area (Å²) in [6.45, 7) is 4.14. The first-order valence-electron chi connectivity index (χ1n) is 9.43. The largest absolute Gasteiger partial charge is 0.361 e. The number of benzene rings is 2. The van der Waals surface area contributed by atoms with Gasteiger partial charge in [-0.1, -0.05) is 41.9 Å². The van der Waals surface area contributed by atoms with E-state index in [9.17, 15) is 0 Å². The van der Waals surface area contributed by atoms with Gasteiger partial charge in [-0.2, -0.15) is 0 Å². The predicted molar refractivity (Wildman–Crippen MR) is 117 cm³/mol. The van der Waals surface area contributed by atoms with Gasteiger partial charge in [0.05, 0.1) is 23.3 Å². The number of hydrogen-bond acceptors (Lipinski definition) is 2. The molecule has 0 atom stereocenters. The molecule has 5 rings (SSSR count). The van der Waals surface area contributed by atoms with Gasteiger partial charge >= 0.3 is 0 Å². The highest BCUT2D eigenvalue weighted by molar-refractivity contribution is 9.10. The van der Waals surface area contributed by atoms with Gasteiger partial charge in [0.25, 0.3) is 0 Å². The molecule has 0 aliphatic rings. The van der Waals surface area contributed by atoms with E-state index in [1.165, 1.54) is 0 Å². The number of rotatable bonds is 3. The average Bonchev–Trinajstić information content (AvgIpc) is 3.33. The number of halogens is 2. The fourth-order valence-corrected chi connectivity index (χ4v) is 4.12. The van der Waals surface area contributed by atoms with Crippen LogP contribution in [0.4, 0.5) is 4.39 Å². The zero-order valence-electron chi connectivity index (χ0n) is 15.9. The monoisotopic (exact) mass is 448 g/mol. The van der Waals surface area contributed by atoms with Crippen LogP contribution in [0.5, 0.6) is 0 Å². The van der Waals surface area contributed by atoms with Crippen molar-refractivity contribution in [2.75, 3.05) is 0 Å². The van der Waals surface area contributed by atoms with Gasteiger partial charge in [-0.05, 0) is 36.2 Å². The molecule has 2 aromatic carbocycles. The number of H-pyrrole nitrogens is 1. The van der Waals surface area contributed by atoms with E-state index >= 15 is 4.39 Å². The number of aromatic nitrogens is 4. The summed E-state index contributed by atoms with van der Waals surface area (Å²) in [6, 6.07) is 13.5. The SMILES string of the molecule is CC(C)c1nc2cnc(-c3cccc(Br)c3)cn2c1-c1ccc2[nH]ccc2c1F. The van der Waals surface area contributed by atoms with Crippen molar-refractivity contribution in [3.8, 4) is 22.5 Å². The van der Waals surface area contributed by atoms with Crippen molar-refractivity contribution in [2.45, 2.75) is 19.8 Å². The molecular formula is C23H18BrFN4. The zero-order chi connectivity index (χ0) is 20.1. The van der Waals surface area contributed by atoms with Gasteiger partial charge in [0.1, 0.15) is 5.82 Å². The Hall–Kier alpha value is -2.99. The van der Waals surface area contributed by atoms with E-state index in [2.05, 4.69) is 39.7 Å². The number of nitrogens with one attached hydrogen (secondary N) is 1. The molecule has 0 aliphatic carbocycles. The molecule has 0 saturated heterocycles. The lowest BCUT2D eigenvalue weighted by Gasteiger charge is -2.10. The fourth-order valence-electron chi connectivity index (χ4n) is 3.72. The smallest absolute Gasteiger partial charge is 0.156 e. The number of imidazole rings is 1. The van der Waals surface area contributed by atoms with E-state index in [0.717, 1.165) is 32.6 Å². The van der Waals surface area contributed by atoms with Crippen LogP contribution in [0.25, 0.3) is 39.1 Å². The lowest BCUT2D eigenvalue weighted by atomic mass is 10.0. The van der Waals surface area contributed by atoms with E-state index in [4.69, 9.17) is 4.98 Å². The first-order valence-corrected chi connectivity index (χ1v) is 10.2. The summed E-state index contributed by atoms with van der Waals surface area (Å²) >= 11 is 3.51. The Labute approximate surface area is 175 Å². The summed E-state index contributed by atoms with van der Waals surface area (Å²) < 4.78 is 18.4. The number of hydrogen-bond donors (Lipinski definition) is 1. The first kappa shape index (κ1) is 18.1. The lowest BCUT2D eigenvalue weighted by Crippen LogP contribution is -1.98. The third kappa shape index (κ3) is 2.95. The van der Waals surface area contributed by atoms with Crippen molar-refractivity contribution in [3.63, 3.8) is 0 Å². The lowest BCUT2D eigenvalue weighted by molar-refractivity contribution is 0.642. The van der Waals surface area contributed by atoms with Crippen LogP contribution >= 0.6 is 15.9 Å². The minimum atomic E-state index is -0.242. The Balaban J connectivity index is 1.81. The molecule has 3 aromatic heterocycles. The van der Waals surface area contributed by atoms with Crippen molar-refractivity contribution < 1.29 is 4.39 Å². The Kier molecular flexibility index (Phi) is 4.24. The van der Waals surface area contributed by atoms with Crippen LogP contribution in [0.15, 0.2) is 65.5 Å². The molecule has 144 valence electrons. The number of aromatic amines is 1. The molecule has 0 amide bonds. The molecule has 3 heterocycles. The van der Waals surface area contributed by atoms with Gasteiger partial charge in [-0.3, -0.25) is 9.38 Å². The Morgan fingerprint density at radius 2 is 2.00 bits per heavy atom. The Morgan fingerprint density at radius 1 is 1.14 bits per heavy atom. The molecular weight excluding hydrogens is 431 g/mol. The van der Waals surface area contributed by atoms with E-state index in [1.807, 2.05) is 47.0 Å². The third-order valence-corrected chi connectivity index (χ3v) is 5.62. The first-order chi connectivity index (χ1) is 14.0. The molecule has 29 heavy (non-hydrogen) atoms. The maximum absolute atomic E-state index is 15.4.